The first-order valence-corrected chi connectivity index (χ1v) is 14.4. The van der Waals surface area contributed by atoms with Gasteiger partial charge in [-0.05, 0) is 74.5 Å². The maximum Gasteiger partial charge on any atom is 0.417 e. The quantitative estimate of drug-likeness (QED) is 0.229. The molecule has 0 spiro atoms. The number of rotatable bonds is 11. The van der Waals surface area contributed by atoms with Gasteiger partial charge in [-0.3, -0.25) is 9.78 Å². The minimum atomic E-state index is -4.39. The molecule has 4 rings (SSSR count). The van der Waals surface area contributed by atoms with Crippen molar-refractivity contribution in [1.29, 1.82) is 0 Å². The highest BCUT2D eigenvalue weighted by atomic mass is 35.5. The Kier molecular flexibility index (Phi) is 9.87. The van der Waals surface area contributed by atoms with Gasteiger partial charge in [-0.25, -0.2) is 0 Å². The number of thioether (sulfide) groups is 1. The number of hydrogen-bond donors (Lipinski definition) is 2. The number of pyridine rings is 1. The molecule has 0 unspecified atom stereocenters. The molecule has 6 nitrogen and oxygen atoms in total. The molecule has 11 heteroatoms. The highest BCUT2D eigenvalue weighted by Crippen LogP contribution is 2.43. The van der Waals surface area contributed by atoms with E-state index in [2.05, 4.69) is 9.88 Å². The second-order valence-electron chi connectivity index (χ2n) is 10.2. The predicted octanol–water partition coefficient (Wildman–Crippen LogP) is 7.08. The average molecular weight is 597 g/mol. The fourth-order valence-corrected chi connectivity index (χ4v) is 6.78. The van der Waals surface area contributed by atoms with Crippen LogP contribution in [-0.2, 0) is 11.0 Å². The summed E-state index contributed by atoms with van der Waals surface area (Å²) in [4.78, 5) is 18.5. The molecule has 216 valence electrons. The number of likely N-dealkylation sites (tertiary alicyclic amines) is 1. The average Bonchev–Trinajstić information content (AvgIpc) is 2.92. The van der Waals surface area contributed by atoms with Crippen LogP contribution in [0.2, 0.25) is 5.02 Å². The van der Waals surface area contributed by atoms with Gasteiger partial charge in [0.25, 0.3) is 0 Å². The fraction of sp³-hybridized carbons (Fsp3) is 0.448. The molecule has 1 saturated heterocycles. The van der Waals surface area contributed by atoms with Crippen molar-refractivity contribution in [3.63, 3.8) is 0 Å². The monoisotopic (exact) mass is 596 g/mol. The van der Waals surface area contributed by atoms with Gasteiger partial charge in [-0.15, -0.1) is 11.8 Å². The summed E-state index contributed by atoms with van der Waals surface area (Å²) in [6, 6.07) is 10.9. The van der Waals surface area contributed by atoms with E-state index in [1.54, 1.807) is 31.4 Å². The number of halogens is 4. The number of aromatic nitrogens is 1. The summed E-state index contributed by atoms with van der Waals surface area (Å²) < 4.78 is 45.2. The van der Waals surface area contributed by atoms with Crippen molar-refractivity contribution >= 4 is 40.2 Å². The Labute approximate surface area is 240 Å². The van der Waals surface area contributed by atoms with E-state index in [0.29, 0.717) is 78.3 Å². The minimum Gasteiger partial charge on any atom is -0.497 e. The zero-order chi connectivity index (χ0) is 28.9. The molecule has 0 aliphatic carbocycles. The third-order valence-electron chi connectivity index (χ3n) is 7.65. The Balaban J connectivity index is 1.38. The molecule has 1 aromatic heterocycles. The van der Waals surface area contributed by atoms with E-state index < -0.39 is 29.2 Å². The lowest BCUT2D eigenvalue weighted by Crippen LogP contribution is -2.42. The summed E-state index contributed by atoms with van der Waals surface area (Å²) in [5.41, 5.74) is 0.0955. The summed E-state index contributed by atoms with van der Waals surface area (Å²) in [7, 11) is 1.55. The first-order valence-electron chi connectivity index (χ1n) is 13.0. The minimum absolute atomic E-state index is 0.0140. The number of methoxy groups -OCH3 is 1. The number of fused-ring (bicyclic) bond motifs is 1. The van der Waals surface area contributed by atoms with E-state index in [1.165, 1.54) is 30.1 Å². The number of hydrogen-bond acceptors (Lipinski definition) is 6. The van der Waals surface area contributed by atoms with Gasteiger partial charge in [0, 0.05) is 34.3 Å². The summed E-state index contributed by atoms with van der Waals surface area (Å²) >= 11 is 7.63. The van der Waals surface area contributed by atoms with E-state index in [9.17, 15) is 28.2 Å². The van der Waals surface area contributed by atoms with Crippen molar-refractivity contribution in [1.82, 2.24) is 9.88 Å². The molecule has 2 aromatic carbocycles. The summed E-state index contributed by atoms with van der Waals surface area (Å²) in [6.45, 7) is 1.88. The Bertz CT molecular complexity index is 1330. The number of carboxylic acids is 1. The molecule has 1 aliphatic rings. The number of aliphatic hydroxyl groups is 1. The molecular weight excluding hydrogens is 565 g/mol. The van der Waals surface area contributed by atoms with Gasteiger partial charge in [-0.2, -0.15) is 13.2 Å². The van der Waals surface area contributed by atoms with Gasteiger partial charge in [-0.1, -0.05) is 23.7 Å². The number of aliphatic hydroxyl groups excluding tert-OH is 1. The SMILES string of the molecule is COc1ccc2ncc(Cl)c([C@H](O)CCC3(CC(=O)O)CCN(CCSc4ccccc4C(F)(F)F)CC3)c2c1. The second-order valence-corrected chi connectivity index (χ2v) is 11.8. The second kappa shape index (κ2) is 13.0. The third-order valence-corrected chi connectivity index (χ3v) is 9.00. The number of carboxylic acid groups (broad SMARTS) is 1. The standard InChI is InChI=1S/C29H32ClF3N2O4S/c1-39-19-6-7-23-20(16-19)27(22(30)18-34-23)24(36)8-9-28(17-26(37)38)10-12-35(13-11-28)14-15-40-25-5-3-2-4-21(25)29(31,32)33/h2-7,16,18,24,36H,8-15,17H2,1H3,(H,37,38)/t24-/m1/s1. The van der Waals surface area contributed by atoms with Gasteiger partial charge < -0.3 is 19.8 Å². The van der Waals surface area contributed by atoms with Crippen molar-refractivity contribution in [3.05, 3.63) is 64.8 Å². The number of benzene rings is 2. The largest absolute Gasteiger partial charge is 0.497 e. The van der Waals surface area contributed by atoms with Crippen LogP contribution in [0.25, 0.3) is 10.9 Å². The Morgan fingerprint density at radius 3 is 2.62 bits per heavy atom. The van der Waals surface area contributed by atoms with Crippen LogP contribution in [0.5, 0.6) is 5.75 Å². The molecule has 40 heavy (non-hydrogen) atoms. The lowest BCUT2D eigenvalue weighted by molar-refractivity contribution is -0.141. The molecule has 3 aromatic rings. The van der Waals surface area contributed by atoms with Crippen LogP contribution < -0.4 is 4.74 Å². The highest BCUT2D eigenvalue weighted by molar-refractivity contribution is 7.99. The number of alkyl halides is 3. The summed E-state index contributed by atoms with van der Waals surface area (Å²) in [5.74, 6) is 0.216. The molecule has 1 atom stereocenters. The van der Waals surface area contributed by atoms with E-state index in [0.717, 1.165) is 6.07 Å². The highest BCUT2D eigenvalue weighted by Gasteiger charge is 2.37. The van der Waals surface area contributed by atoms with Gasteiger partial charge in [0.05, 0.1) is 35.7 Å². The predicted molar refractivity (Wildman–Crippen MR) is 150 cm³/mol. The topological polar surface area (TPSA) is 82.9 Å². The molecule has 0 amide bonds. The lowest BCUT2D eigenvalue weighted by atomic mass is 9.71. The molecule has 0 bridgehead atoms. The smallest absolute Gasteiger partial charge is 0.417 e. The van der Waals surface area contributed by atoms with Crippen LogP contribution in [-0.4, -0.2) is 58.6 Å². The van der Waals surface area contributed by atoms with Gasteiger partial charge in [0.2, 0.25) is 0 Å². The van der Waals surface area contributed by atoms with Crippen molar-refractivity contribution < 1.29 is 32.9 Å². The fourth-order valence-electron chi connectivity index (χ4n) is 5.42. The number of aliphatic carboxylic acids is 1. The van der Waals surface area contributed by atoms with Gasteiger partial charge in [0.1, 0.15) is 5.75 Å². The normalized spacial score (nSPS) is 16.6. The van der Waals surface area contributed by atoms with Crippen LogP contribution in [0, 0.1) is 5.41 Å². The summed E-state index contributed by atoms with van der Waals surface area (Å²) in [5, 5.41) is 21.9. The molecule has 2 N–H and O–H groups in total. The molecule has 0 saturated carbocycles. The zero-order valence-corrected chi connectivity index (χ0v) is 23.7. The number of piperidine rings is 1. The first-order chi connectivity index (χ1) is 19.0. The Morgan fingerprint density at radius 1 is 1.23 bits per heavy atom. The Morgan fingerprint density at radius 2 is 1.95 bits per heavy atom. The number of ether oxygens (including phenoxy) is 1. The van der Waals surface area contributed by atoms with Gasteiger partial charge >= 0.3 is 12.1 Å². The molecule has 1 aliphatic heterocycles. The van der Waals surface area contributed by atoms with Crippen molar-refractivity contribution in [2.75, 3.05) is 32.5 Å². The first kappa shape index (κ1) is 30.4. The maximum atomic E-state index is 13.3. The van der Waals surface area contributed by atoms with Crippen molar-refractivity contribution in [3.8, 4) is 5.75 Å². The molecular formula is C29H32ClF3N2O4S. The number of carbonyl (C=O) groups is 1. The molecule has 2 heterocycles. The maximum absolute atomic E-state index is 13.3. The molecule has 0 radical (unpaired) electrons. The van der Waals surface area contributed by atoms with Crippen molar-refractivity contribution in [2.24, 2.45) is 5.41 Å². The Hall–Kier alpha value is -2.53. The molecule has 1 fully saturated rings. The van der Waals surface area contributed by atoms with Crippen LogP contribution in [0.4, 0.5) is 13.2 Å². The van der Waals surface area contributed by atoms with Crippen LogP contribution in [0.15, 0.2) is 53.6 Å². The van der Waals surface area contributed by atoms with E-state index in [4.69, 9.17) is 16.3 Å². The van der Waals surface area contributed by atoms with Crippen LogP contribution in [0.1, 0.15) is 49.3 Å². The number of nitrogens with zero attached hydrogens (tertiary/aromatic N) is 2. The van der Waals surface area contributed by atoms with E-state index >= 15 is 0 Å². The third kappa shape index (κ3) is 7.40. The van der Waals surface area contributed by atoms with E-state index in [-0.39, 0.29) is 11.3 Å². The van der Waals surface area contributed by atoms with Crippen LogP contribution >= 0.6 is 23.4 Å². The zero-order valence-electron chi connectivity index (χ0n) is 22.1. The van der Waals surface area contributed by atoms with E-state index in [1.807, 2.05) is 0 Å². The van der Waals surface area contributed by atoms with Gasteiger partial charge in [0.15, 0.2) is 0 Å². The van der Waals surface area contributed by atoms with Crippen molar-refractivity contribution in [2.45, 2.75) is 49.3 Å². The summed E-state index contributed by atoms with van der Waals surface area (Å²) in [6.07, 6.45) is -1.76. The van der Waals surface area contributed by atoms with Crippen LogP contribution in [0.3, 0.4) is 0 Å². The lowest BCUT2D eigenvalue weighted by Gasteiger charge is -2.41.